The normalized spacial score (nSPS) is 11.7. The summed E-state index contributed by atoms with van der Waals surface area (Å²) in [7, 11) is 1.99. The number of nitrogens with one attached hydrogen (secondary N) is 2. The first kappa shape index (κ1) is 16.8. The van der Waals surface area contributed by atoms with Gasteiger partial charge >= 0.3 is 0 Å². The number of hydrogen-bond acceptors (Lipinski definition) is 2. The van der Waals surface area contributed by atoms with Crippen molar-refractivity contribution in [2.45, 2.75) is 0 Å². The topological polar surface area (TPSA) is 42.8 Å². The molecule has 0 radical (unpaired) electrons. The van der Waals surface area contributed by atoms with Crippen molar-refractivity contribution >= 4 is 34.2 Å². The molecule has 0 heterocycles. The number of hydrogen-bond donors (Lipinski definition) is 2. The van der Waals surface area contributed by atoms with E-state index >= 15 is 0 Å². The van der Waals surface area contributed by atoms with Crippen molar-refractivity contribution in [3.63, 3.8) is 0 Å². The smallest absolute Gasteiger partial charge is 0.279 e. The second-order valence-electron chi connectivity index (χ2n) is 5.10. The molecule has 0 spiro atoms. The van der Waals surface area contributed by atoms with Crippen LogP contribution in [0, 0.1) is 3.57 Å². The fourth-order valence-electron chi connectivity index (χ4n) is 1.96. The number of benzene rings is 2. The summed E-state index contributed by atoms with van der Waals surface area (Å²) < 4.78 is 6.79. The Morgan fingerprint density at radius 1 is 1.14 bits per heavy atom. The molecule has 116 valence electrons. The monoisotopic (exact) mass is 411 g/mol. The number of halogens is 1. The molecule has 0 aliphatic carbocycles. The fraction of sp³-hybridized carbons (Fsp3) is 0.235. The largest absolute Gasteiger partial charge is 0.488 e. The average molecular weight is 411 g/mol. The highest BCUT2D eigenvalue weighted by Gasteiger charge is 2.10. The first-order chi connectivity index (χ1) is 10.6. The van der Waals surface area contributed by atoms with Crippen LogP contribution in [0.25, 0.3) is 0 Å². The van der Waals surface area contributed by atoms with Gasteiger partial charge < -0.3 is 15.0 Å². The first-order valence-electron chi connectivity index (χ1n) is 7.18. The predicted octanol–water partition coefficient (Wildman–Crippen LogP) is 1.82. The Balaban J connectivity index is 1.68. The number of para-hydroxylation sites is 1. The highest BCUT2D eigenvalue weighted by molar-refractivity contribution is 14.1. The summed E-state index contributed by atoms with van der Waals surface area (Å²) in [5, 5.41) is 2.90. The molecule has 0 aromatic heterocycles. The Morgan fingerprint density at radius 3 is 2.50 bits per heavy atom. The molecule has 2 aromatic rings. The van der Waals surface area contributed by atoms with Crippen LogP contribution in [-0.4, -0.2) is 32.7 Å². The Bertz CT molecular complexity index is 587. The van der Waals surface area contributed by atoms with Gasteiger partial charge in [-0.15, -0.1) is 0 Å². The first-order valence-corrected chi connectivity index (χ1v) is 8.26. The summed E-state index contributed by atoms with van der Waals surface area (Å²) >= 11 is 2.24. The van der Waals surface area contributed by atoms with Gasteiger partial charge in [0.1, 0.15) is 18.9 Å². The highest BCUT2D eigenvalue weighted by atomic mass is 127. The van der Waals surface area contributed by atoms with Gasteiger partial charge in [-0.1, -0.05) is 18.2 Å². The molecule has 2 aromatic carbocycles. The van der Waals surface area contributed by atoms with Crippen molar-refractivity contribution in [1.29, 1.82) is 0 Å². The lowest BCUT2D eigenvalue weighted by Crippen LogP contribution is -3.10. The third kappa shape index (κ3) is 6.03. The van der Waals surface area contributed by atoms with Gasteiger partial charge in [-0.05, 0) is 59.0 Å². The van der Waals surface area contributed by atoms with E-state index in [-0.39, 0.29) is 5.91 Å². The Labute approximate surface area is 144 Å². The second-order valence-corrected chi connectivity index (χ2v) is 6.35. The van der Waals surface area contributed by atoms with Crippen LogP contribution in [0.1, 0.15) is 0 Å². The highest BCUT2D eigenvalue weighted by Crippen LogP contribution is 2.10. The predicted molar refractivity (Wildman–Crippen MR) is 96.3 cm³/mol. The van der Waals surface area contributed by atoms with Crippen molar-refractivity contribution in [2.24, 2.45) is 0 Å². The molecule has 0 fully saturated rings. The van der Waals surface area contributed by atoms with Crippen LogP contribution < -0.4 is 15.0 Å². The molecule has 1 amide bonds. The molecule has 2 N–H and O–H groups in total. The van der Waals surface area contributed by atoms with Gasteiger partial charge in [-0.25, -0.2) is 0 Å². The molecule has 0 saturated heterocycles. The van der Waals surface area contributed by atoms with Crippen LogP contribution in [0.3, 0.4) is 0 Å². The SMILES string of the molecule is C[NH+](CCOc1ccccc1)CC(=O)Nc1ccc(I)cc1. The van der Waals surface area contributed by atoms with E-state index in [1.807, 2.05) is 61.6 Å². The zero-order chi connectivity index (χ0) is 15.8. The third-order valence-corrected chi connectivity index (χ3v) is 3.85. The van der Waals surface area contributed by atoms with Crippen molar-refractivity contribution < 1.29 is 14.4 Å². The van der Waals surface area contributed by atoms with Gasteiger partial charge in [0, 0.05) is 9.26 Å². The Morgan fingerprint density at radius 2 is 1.82 bits per heavy atom. The van der Waals surface area contributed by atoms with E-state index < -0.39 is 0 Å². The van der Waals surface area contributed by atoms with Crippen molar-refractivity contribution in [1.82, 2.24) is 0 Å². The molecule has 5 heteroatoms. The van der Waals surface area contributed by atoms with E-state index in [0.29, 0.717) is 13.2 Å². The lowest BCUT2D eigenvalue weighted by Gasteiger charge is -2.14. The lowest BCUT2D eigenvalue weighted by molar-refractivity contribution is -0.871. The molecule has 0 aliphatic rings. The molecule has 0 saturated carbocycles. The molecule has 1 unspecified atom stereocenters. The number of amides is 1. The average Bonchev–Trinajstić information content (AvgIpc) is 2.50. The molecule has 1 atom stereocenters. The molecular weight excluding hydrogens is 391 g/mol. The van der Waals surface area contributed by atoms with Crippen LogP contribution in [0.4, 0.5) is 5.69 Å². The van der Waals surface area contributed by atoms with Crippen molar-refractivity contribution in [3.8, 4) is 5.75 Å². The summed E-state index contributed by atoms with van der Waals surface area (Å²) in [5.41, 5.74) is 0.832. The van der Waals surface area contributed by atoms with Crippen LogP contribution in [0.15, 0.2) is 54.6 Å². The zero-order valence-electron chi connectivity index (χ0n) is 12.5. The standard InChI is InChI=1S/C17H19IN2O2/c1-20(11-12-22-16-5-3-2-4-6-16)13-17(21)19-15-9-7-14(18)8-10-15/h2-10H,11-13H2,1H3,(H,19,21)/p+1. The number of ether oxygens (including phenoxy) is 1. The number of carbonyl (C=O) groups is 1. The number of quaternary nitrogens is 1. The van der Waals surface area contributed by atoms with E-state index in [2.05, 4.69) is 27.9 Å². The maximum atomic E-state index is 12.0. The summed E-state index contributed by atoms with van der Waals surface area (Å²) in [6.07, 6.45) is 0. The molecular formula is C17H20IN2O2+. The fourth-order valence-corrected chi connectivity index (χ4v) is 2.32. The van der Waals surface area contributed by atoms with Gasteiger partial charge in [0.2, 0.25) is 0 Å². The summed E-state index contributed by atoms with van der Waals surface area (Å²) in [4.78, 5) is 13.1. The van der Waals surface area contributed by atoms with Crippen LogP contribution in [0.5, 0.6) is 5.75 Å². The van der Waals surface area contributed by atoms with E-state index in [1.165, 1.54) is 0 Å². The Kier molecular flexibility index (Phi) is 6.67. The minimum Gasteiger partial charge on any atom is -0.488 e. The van der Waals surface area contributed by atoms with Crippen molar-refractivity contribution in [3.05, 3.63) is 58.2 Å². The van der Waals surface area contributed by atoms with Gasteiger partial charge in [0.25, 0.3) is 5.91 Å². The van der Waals surface area contributed by atoms with Crippen LogP contribution in [0.2, 0.25) is 0 Å². The number of carbonyl (C=O) groups excluding carboxylic acids is 1. The maximum Gasteiger partial charge on any atom is 0.279 e. The van der Waals surface area contributed by atoms with Crippen LogP contribution >= 0.6 is 22.6 Å². The number of anilines is 1. The van der Waals surface area contributed by atoms with E-state index in [1.54, 1.807) is 0 Å². The van der Waals surface area contributed by atoms with Gasteiger partial charge in [-0.2, -0.15) is 0 Å². The molecule has 2 rings (SSSR count). The van der Waals surface area contributed by atoms with E-state index in [4.69, 9.17) is 4.74 Å². The number of rotatable bonds is 7. The molecule has 4 nitrogen and oxygen atoms in total. The summed E-state index contributed by atoms with van der Waals surface area (Å²) in [5.74, 6) is 0.872. The number of likely N-dealkylation sites (N-methyl/N-ethyl adjacent to an activating group) is 1. The summed E-state index contributed by atoms with van der Waals surface area (Å²) in [6, 6.07) is 17.5. The third-order valence-electron chi connectivity index (χ3n) is 3.13. The Hall–Kier alpha value is -1.60. The quantitative estimate of drug-likeness (QED) is 0.683. The molecule has 0 bridgehead atoms. The lowest BCUT2D eigenvalue weighted by atomic mass is 10.3. The maximum absolute atomic E-state index is 12.0. The molecule has 22 heavy (non-hydrogen) atoms. The minimum atomic E-state index is 0.0124. The van der Waals surface area contributed by atoms with Gasteiger partial charge in [0.05, 0.1) is 7.05 Å². The van der Waals surface area contributed by atoms with Gasteiger partial charge in [0.15, 0.2) is 6.54 Å². The van der Waals surface area contributed by atoms with E-state index in [0.717, 1.165) is 26.5 Å². The van der Waals surface area contributed by atoms with E-state index in [9.17, 15) is 4.79 Å². The molecule has 0 aliphatic heterocycles. The summed E-state index contributed by atoms with van der Waals surface area (Å²) in [6.45, 7) is 1.78. The van der Waals surface area contributed by atoms with Crippen LogP contribution in [-0.2, 0) is 4.79 Å². The van der Waals surface area contributed by atoms with Crippen molar-refractivity contribution in [2.75, 3.05) is 32.1 Å². The zero-order valence-corrected chi connectivity index (χ0v) is 14.7. The van der Waals surface area contributed by atoms with Gasteiger partial charge in [-0.3, -0.25) is 4.79 Å². The second kappa shape index (κ2) is 8.75. The minimum absolute atomic E-state index is 0.0124.